The highest BCUT2D eigenvalue weighted by Gasteiger charge is 2.11. The maximum atomic E-state index is 11.2. The topological polar surface area (TPSA) is 69.6 Å². The summed E-state index contributed by atoms with van der Waals surface area (Å²) in [5, 5.41) is 23.9. The molecule has 0 radical (unpaired) electrons. The molecule has 0 aromatic heterocycles. The monoisotopic (exact) mass is 335 g/mol. The van der Waals surface area contributed by atoms with E-state index in [4.69, 9.17) is 5.11 Å². The highest BCUT2D eigenvalue weighted by atomic mass is 16.4. The van der Waals surface area contributed by atoms with Gasteiger partial charge in [0.15, 0.2) is 0 Å². The molecule has 128 valence electrons. The minimum absolute atomic E-state index is 0.0795. The van der Waals surface area contributed by atoms with Gasteiger partial charge in [-0.25, -0.2) is 4.79 Å². The molecular formula is C21H21NO3. The molecule has 3 aromatic rings. The number of carboxylic acid groups (broad SMARTS) is 1. The number of benzene rings is 3. The van der Waals surface area contributed by atoms with Crippen molar-refractivity contribution in [1.82, 2.24) is 0 Å². The van der Waals surface area contributed by atoms with Crippen molar-refractivity contribution >= 4 is 22.4 Å². The number of aromatic hydroxyl groups is 1. The molecule has 0 spiro atoms. The molecule has 3 N–H and O–H groups in total. The zero-order valence-electron chi connectivity index (χ0n) is 14.1. The molecule has 0 aliphatic heterocycles. The van der Waals surface area contributed by atoms with Gasteiger partial charge in [0.2, 0.25) is 0 Å². The standard InChI is InChI=1S/C21H21NO3/c1-2-3-14-5-8-18(9-6-14)22-13-15-4-7-16-12-20(23)19(21(24)25)11-17(16)10-15/h4-12,22-23H,2-3,13H2,1H3,(H,24,25). The van der Waals surface area contributed by atoms with E-state index in [0.717, 1.165) is 34.9 Å². The van der Waals surface area contributed by atoms with Crippen LogP contribution in [0.25, 0.3) is 10.8 Å². The van der Waals surface area contributed by atoms with E-state index < -0.39 is 5.97 Å². The van der Waals surface area contributed by atoms with Crippen LogP contribution in [0.5, 0.6) is 5.75 Å². The van der Waals surface area contributed by atoms with Crippen molar-refractivity contribution in [3.05, 3.63) is 71.3 Å². The van der Waals surface area contributed by atoms with E-state index in [9.17, 15) is 9.90 Å². The molecule has 0 unspecified atom stereocenters. The Bertz CT molecular complexity index is 901. The largest absolute Gasteiger partial charge is 0.507 e. The summed E-state index contributed by atoms with van der Waals surface area (Å²) in [7, 11) is 0. The normalized spacial score (nSPS) is 10.8. The Hall–Kier alpha value is -3.01. The third-order valence-corrected chi connectivity index (χ3v) is 4.24. The summed E-state index contributed by atoms with van der Waals surface area (Å²) in [6.07, 6.45) is 2.22. The highest BCUT2D eigenvalue weighted by molar-refractivity contribution is 5.97. The minimum atomic E-state index is -1.13. The van der Waals surface area contributed by atoms with Gasteiger partial charge in [0.25, 0.3) is 0 Å². The van der Waals surface area contributed by atoms with Crippen molar-refractivity contribution in [3.8, 4) is 5.75 Å². The van der Waals surface area contributed by atoms with Crippen molar-refractivity contribution < 1.29 is 15.0 Å². The van der Waals surface area contributed by atoms with Crippen LogP contribution in [0.4, 0.5) is 5.69 Å². The van der Waals surface area contributed by atoms with Gasteiger partial charge in [0.05, 0.1) is 0 Å². The first-order valence-electron chi connectivity index (χ1n) is 8.38. The van der Waals surface area contributed by atoms with E-state index in [1.807, 2.05) is 18.2 Å². The van der Waals surface area contributed by atoms with Crippen LogP contribution in [0.1, 0.15) is 34.8 Å². The lowest BCUT2D eigenvalue weighted by atomic mass is 10.0. The third-order valence-electron chi connectivity index (χ3n) is 4.24. The lowest BCUT2D eigenvalue weighted by molar-refractivity contribution is 0.0694. The third kappa shape index (κ3) is 3.91. The first-order valence-corrected chi connectivity index (χ1v) is 8.38. The Morgan fingerprint density at radius 1 is 0.960 bits per heavy atom. The molecule has 0 saturated carbocycles. The van der Waals surface area contributed by atoms with Gasteiger partial charge in [-0.15, -0.1) is 0 Å². The molecule has 3 aromatic carbocycles. The summed E-state index contributed by atoms with van der Waals surface area (Å²) >= 11 is 0. The predicted octanol–water partition coefficient (Wildman–Crippen LogP) is 4.81. The van der Waals surface area contributed by atoms with Crippen molar-refractivity contribution in [2.45, 2.75) is 26.3 Å². The Morgan fingerprint density at radius 3 is 2.36 bits per heavy atom. The number of aryl methyl sites for hydroxylation is 1. The van der Waals surface area contributed by atoms with Crippen LogP contribution in [0.15, 0.2) is 54.6 Å². The number of fused-ring (bicyclic) bond motifs is 1. The molecule has 4 heteroatoms. The SMILES string of the molecule is CCCc1ccc(NCc2ccc3cc(O)c(C(=O)O)cc3c2)cc1. The van der Waals surface area contributed by atoms with Crippen molar-refractivity contribution in [2.24, 2.45) is 0 Å². The smallest absolute Gasteiger partial charge is 0.339 e. The Labute approximate surface area is 146 Å². The first kappa shape index (κ1) is 16.8. The van der Waals surface area contributed by atoms with Gasteiger partial charge in [0, 0.05) is 12.2 Å². The summed E-state index contributed by atoms with van der Waals surface area (Å²) in [4.78, 5) is 11.2. The zero-order valence-corrected chi connectivity index (χ0v) is 14.1. The van der Waals surface area contributed by atoms with E-state index in [-0.39, 0.29) is 11.3 Å². The van der Waals surface area contributed by atoms with Crippen molar-refractivity contribution in [2.75, 3.05) is 5.32 Å². The molecule has 0 fully saturated rings. The average molecular weight is 335 g/mol. The molecular weight excluding hydrogens is 314 g/mol. The molecule has 0 aliphatic carbocycles. The van der Waals surface area contributed by atoms with E-state index in [0.29, 0.717) is 6.54 Å². The number of hydrogen-bond acceptors (Lipinski definition) is 3. The summed E-state index contributed by atoms with van der Waals surface area (Å²) in [5.41, 5.74) is 3.35. The quantitative estimate of drug-likeness (QED) is 0.605. The van der Waals surface area contributed by atoms with E-state index in [1.54, 1.807) is 0 Å². The van der Waals surface area contributed by atoms with Crippen LogP contribution in [-0.4, -0.2) is 16.2 Å². The number of nitrogens with one attached hydrogen (secondary N) is 1. The van der Waals surface area contributed by atoms with Crippen LogP contribution >= 0.6 is 0 Å². The van der Waals surface area contributed by atoms with Gasteiger partial charge < -0.3 is 15.5 Å². The Kier molecular flexibility index (Phi) is 4.89. The lowest BCUT2D eigenvalue weighted by Crippen LogP contribution is -2.00. The highest BCUT2D eigenvalue weighted by Crippen LogP contribution is 2.26. The fourth-order valence-electron chi connectivity index (χ4n) is 2.90. The zero-order chi connectivity index (χ0) is 17.8. The van der Waals surface area contributed by atoms with Gasteiger partial charge in [0.1, 0.15) is 11.3 Å². The molecule has 0 atom stereocenters. The molecule has 4 nitrogen and oxygen atoms in total. The minimum Gasteiger partial charge on any atom is -0.507 e. The summed E-state index contributed by atoms with van der Waals surface area (Å²) < 4.78 is 0. The number of aromatic carboxylic acids is 1. The summed E-state index contributed by atoms with van der Waals surface area (Å²) in [6, 6.07) is 17.2. The molecule has 0 aliphatic rings. The van der Waals surface area contributed by atoms with Crippen LogP contribution in [-0.2, 0) is 13.0 Å². The Balaban J connectivity index is 1.77. The molecule has 0 bridgehead atoms. The van der Waals surface area contributed by atoms with Gasteiger partial charge in [-0.3, -0.25) is 0 Å². The second-order valence-electron chi connectivity index (χ2n) is 6.16. The number of phenols is 1. The maximum Gasteiger partial charge on any atom is 0.339 e. The summed E-state index contributed by atoms with van der Waals surface area (Å²) in [5.74, 6) is -1.34. The van der Waals surface area contributed by atoms with E-state index in [2.05, 4.69) is 36.5 Å². The molecule has 0 heterocycles. The number of hydrogen-bond donors (Lipinski definition) is 3. The van der Waals surface area contributed by atoms with Gasteiger partial charge in [-0.05, 0) is 58.7 Å². The molecule has 0 saturated heterocycles. The van der Waals surface area contributed by atoms with Crippen LogP contribution in [0.2, 0.25) is 0 Å². The molecule has 25 heavy (non-hydrogen) atoms. The van der Waals surface area contributed by atoms with Crippen molar-refractivity contribution in [1.29, 1.82) is 0 Å². The summed E-state index contributed by atoms with van der Waals surface area (Å²) in [6.45, 7) is 2.81. The van der Waals surface area contributed by atoms with Crippen molar-refractivity contribution in [3.63, 3.8) is 0 Å². The second kappa shape index (κ2) is 7.26. The fourth-order valence-corrected chi connectivity index (χ4v) is 2.90. The maximum absolute atomic E-state index is 11.2. The second-order valence-corrected chi connectivity index (χ2v) is 6.16. The van der Waals surface area contributed by atoms with Gasteiger partial charge in [-0.2, -0.15) is 0 Å². The predicted molar refractivity (Wildman–Crippen MR) is 100 cm³/mol. The number of carbonyl (C=O) groups is 1. The molecule has 0 amide bonds. The van der Waals surface area contributed by atoms with Crippen LogP contribution in [0.3, 0.4) is 0 Å². The van der Waals surface area contributed by atoms with Gasteiger partial charge in [-0.1, -0.05) is 37.6 Å². The number of anilines is 1. The average Bonchev–Trinajstić information content (AvgIpc) is 2.60. The fraction of sp³-hybridized carbons (Fsp3) is 0.190. The van der Waals surface area contributed by atoms with Crippen LogP contribution in [0, 0.1) is 0 Å². The lowest BCUT2D eigenvalue weighted by Gasteiger charge is -2.09. The van der Waals surface area contributed by atoms with E-state index in [1.165, 1.54) is 17.7 Å². The van der Waals surface area contributed by atoms with E-state index >= 15 is 0 Å². The number of carboxylic acids is 1. The van der Waals surface area contributed by atoms with Gasteiger partial charge >= 0.3 is 5.97 Å². The first-order chi connectivity index (χ1) is 12.1. The number of rotatable bonds is 6. The van der Waals surface area contributed by atoms with Crippen LogP contribution < -0.4 is 5.32 Å². The Morgan fingerprint density at radius 2 is 1.68 bits per heavy atom. The molecule has 3 rings (SSSR count).